The molecule has 0 radical (unpaired) electrons. The van der Waals surface area contributed by atoms with E-state index in [1.54, 1.807) is 0 Å². The van der Waals surface area contributed by atoms with Crippen molar-refractivity contribution < 1.29 is 38.4 Å². The Bertz CT molecular complexity index is 986. The number of nitrogens with zero attached hydrogens (tertiary/aromatic N) is 2. The highest BCUT2D eigenvalue weighted by Gasteiger charge is 2.35. The van der Waals surface area contributed by atoms with Crippen LogP contribution >= 0.6 is 0 Å². The normalized spacial score (nSPS) is 15.5. The smallest absolute Gasteiger partial charge is 0.410 e. The monoisotopic (exact) mass is 457 g/mol. The van der Waals surface area contributed by atoms with Crippen molar-refractivity contribution in [1.82, 2.24) is 9.80 Å². The minimum atomic E-state index is -1.48. The van der Waals surface area contributed by atoms with Crippen LogP contribution in [-0.4, -0.2) is 74.8 Å². The molecule has 1 heterocycles. The van der Waals surface area contributed by atoms with Gasteiger partial charge >= 0.3 is 6.09 Å². The van der Waals surface area contributed by atoms with Gasteiger partial charge in [-0.1, -0.05) is 30.3 Å². The Labute approximate surface area is 191 Å². The third-order valence-corrected chi connectivity index (χ3v) is 5.29. The summed E-state index contributed by atoms with van der Waals surface area (Å²) in [5.41, 5.74) is 0.953. The summed E-state index contributed by atoms with van der Waals surface area (Å²) >= 11 is 0. The summed E-state index contributed by atoms with van der Waals surface area (Å²) in [6, 6.07) is 10.6. The van der Waals surface area contributed by atoms with Crippen LogP contribution in [-0.2, 0) is 16.1 Å². The van der Waals surface area contributed by atoms with Crippen LogP contribution in [0.25, 0.3) is 0 Å². The number of piperazine rings is 1. The van der Waals surface area contributed by atoms with Crippen molar-refractivity contribution in [3.63, 3.8) is 0 Å². The Balaban J connectivity index is 1.75. The maximum Gasteiger partial charge on any atom is 0.410 e. The van der Waals surface area contributed by atoms with E-state index in [1.807, 2.05) is 30.3 Å². The van der Waals surface area contributed by atoms with Gasteiger partial charge in [-0.3, -0.25) is 4.79 Å². The molecule has 0 saturated carbocycles. The Morgan fingerprint density at radius 3 is 2.15 bits per heavy atom. The number of carboxylic acids is 1. The number of methoxy groups -OCH3 is 3. The van der Waals surface area contributed by atoms with Gasteiger partial charge < -0.3 is 38.6 Å². The van der Waals surface area contributed by atoms with Gasteiger partial charge in [-0.2, -0.15) is 0 Å². The van der Waals surface area contributed by atoms with E-state index in [2.05, 4.69) is 0 Å². The van der Waals surface area contributed by atoms with Crippen LogP contribution in [0.1, 0.15) is 15.9 Å². The number of carbonyl (C=O) groups is 3. The van der Waals surface area contributed by atoms with Gasteiger partial charge in [-0.15, -0.1) is 0 Å². The number of hydrogen-bond acceptors (Lipinski definition) is 8. The molecule has 2 amide bonds. The molecule has 10 heteroatoms. The van der Waals surface area contributed by atoms with Gasteiger partial charge in [0.05, 0.1) is 33.3 Å². The maximum atomic E-state index is 13.2. The lowest BCUT2D eigenvalue weighted by atomic mass is 10.1. The van der Waals surface area contributed by atoms with E-state index in [0.717, 1.165) is 10.5 Å². The molecule has 1 atom stereocenters. The van der Waals surface area contributed by atoms with Crippen LogP contribution in [0, 0.1) is 0 Å². The van der Waals surface area contributed by atoms with Crippen LogP contribution in [0.5, 0.6) is 17.2 Å². The van der Waals surface area contributed by atoms with Gasteiger partial charge in [0.1, 0.15) is 6.61 Å². The summed E-state index contributed by atoms with van der Waals surface area (Å²) in [6.45, 7) is -0.117. The molecule has 0 aliphatic carbocycles. The highest BCUT2D eigenvalue weighted by molar-refractivity contribution is 5.98. The fourth-order valence-electron chi connectivity index (χ4n) is 3.57. The van der Waals surface area contributed by atoms with E-state index in [4.69, 9.17) is 18.9 Å². The lowest BCUT2D eigenvalue weighted by Crippen LogP contribution is -2.62. The summed E-state index contributed by atoms with van der Waals surface area (Å²) in [5.74, 6) is -1.22. The van der Waals surface area contributed by atoms with Crippen LogP contribution in [0.15, 0.2) is 42.5 Å². The minimum Gasteiger partial charge on any atom is -0.548 e. The molecule has 1 aliphatic rings. The van der Waals surface area contributed by atoms with E-state index in [1.165, 1.54) is 38.4 Å². The van der Waals surface area contributed by atoms with Crippen molar-refractivity contribution in [2.75, 3.05) is 41.0 Å². The Hall–Kier alpha value is -3.95. The van der Waals surface area contributed by atoms with Crippen LogP contribution in [0.3, 0.4) is 0 Å². The van der Waals surface area contributed by atoms with Gasteiger partial charge in [0.25, 0.3) is 5.91 Å². The van der Waals surface area contributed by atoms with Crippen LogP contribution in [0.4, 0.5) is 4.79 Å². The highest BCUT2D eigenvalue weighted by atomic mass is 16.6. The molecule has 0 N–H and O–H groups in total. The maximum absolute atomic E-state index is 13.2. The number of amides is 2. The molecule has 0 bridgehead atoms. The van der Waals surface area contributed by atoms with Crippen molar-refractivity contribution in [1.29, 1.82) is 0 Å². The lowest BCUT2D eigenvalue weighted by Gasteiger charge is -2.41. The number of carboxylic acid groups (broad SMARTS) is 1. The van der Waals surface area contributed by atoms with Crippen molar-refractivity contribution in [3.8, 4) is 17.2 Å². The topological polar surface area (TPSA) is 118 Å². The fourth-order valence-corrected chi connectivity index (χ4v) is 3.57. The first-order valence-corrected chi connectivity index (χ1v) is 10.2. The summed E-state index contributed by atoms with van der Waals surface area (Å²) < 4.78 is 21.1. The van der Waals surface area contributed by atoms with Gasteiger partial charge in [0.15, 0.2) is 11.5 Å². The van der Waals surface area contributed by atoms with Crippen molar-refractivity contribution in [3.05, 3.63) is 53.6 Å². The molecule has 10 nitrogen and oxygen atoms in total. The number of benzene rings is 2. The van der Waals surface area contributed by atoms with Gasteiger partial charge in [0.2, 0.25) is 5.75 Å². The summed E-state index contributed by atoms with van der Waals surface area (Å²) in [4.78, 5) is 39.9. The molecule has 1 saturated heterocycles. The molecular weight excluding hydrogens is 432 g/mol. The molecule has 1 unspecified atom stereocenters. The summed E-state index contributed by atoms with van der Waals surface area (Å²) in [6.07, 6.45) is -0.662. The lowest BCUT2D eigenvalue weighted by molar-refractivity contribution is -0.311. The molecule has 0 aromatic heterocycles. The third-order valence-electron chi connectivity index (χ3n) is 5.29. The first-order chi connectivity index (χ1) is 15.9. The van der Waals surface area contributed by atoms with Crippen molar-refractivity contribution in [2.24, 2.45) is 0 Å². The third kappa shape index (κ3) is 5.28. The number of aliphatic carboxylic acids is 1. The number of rotatable bonds is 7. The molecule has 3 rings (SSSR count). The molecule has 2 aromatic carbocycles. The number of ether oxygens (including phenoxy) is 4. The molecular formula is C23H25N2O8-. The average molecular weight is 457 g/mol. The van der Waals surface area contributed by atoms with E-state index >= 15 is 0 Å². The van der Waals surface area contributed by atoms with Crippen LogP contribution in [0.2, 0.25) is 0 Å². The highest BCUT2D eigenvalue weighted by Crippen LogP contribution is 2.38. The second kappa shape index (κ2) is 10.6. The van der Waals surface area contributed by atoms with Gasteiger partial charge in [-0.25, -0.2) is 4.79 Å². The Morgan fingerprint density at radius 1 is 0.970 bits per heavy atom. The molecule has 2 aromatic rings. The Kier molecular flexibility index (Phi) is 7.60. The molecule has 1 fully saturated rings. The van der Waals surface area contributed by atoms with Gasteiger partial charge in [0, 0.05) is 25.2 Å². The first kappa shape index (κ1) is 23.7. The SMILES string of the molecule is COc1cc(C(=O)N2CCN(C(=O)OCc3ccccc3)CC2C(=O)[O-])cc(OC)c1OC. The van der Waals surface area contributed by atoms with E-state index in [0.29, 0.717) is 5.75 Å². The summed E-state index contributed by atoms with van der Waals surface area (Å²) in [7, 11) is 4.26. The van der Waals surface area contributed by atoms with E-state index in [9.17, 15) is 19.5 Å². The minimum absolute atomic E-state index is 0.0193. The fraction of sp³-hybridized carbons (Fsp3) is 0.348. The molecule has 1 aliphatic heterocycles. The predicted octanol–water partition coefficient (Wildman–Crippen LogP) is 0.926. The van der Waals surface area contributed by atoms with Gasteiger partial charge in [-0.05, 0) is 17.7 Å². The zero-order chi connectivity index (χ0) is 24.0. The van der Waals surface area contributed by atoms with Crippen molar-refractivity contribution in [2.45, 2.75) is 12.6 Å². The second-order valence-corrected chi connectivity index (χ2v) is 7.23. The predicted molar refractivity (Wildman–Crippen MR) is 114 cm³/mol. The standard InChI is InChI=1S/C23H26N2O8/c1-30-18-11-16(12-19(31-2)20(18)32-3)21(26)25-10-9-24(13-17(25)22(27)28)23(29)33-14-15-7-5-4-6-8-15/h4-8,11-12,17H,9-10,13-14H2,1-3H3,(H,27,28)/p-1. The van der Waals surface area contributed by atoms with Crippen molar-refractivity contribution >= 4 is 18.0 Å². The average Bonchev–Trinajstić information content (AvgIpc) is 2.85. The van der Waals surface area contributed by atoms with E-state index in [-0.39, 0.29) is 43.3 Å². The number of hydrogen-bond donors (Lipinski definition) is 0. The Morgan fingerprint density at radius 2 is 1.61 bits per heavy atom. The number of carbonyl (C=O) groups excluding carboxylic acids is 3. The summed E-state index contributed by atoms with van der Waals surface area (Å²) in [5, 5.41) is 11.8. The quantitative estimate of drug-likeness (QED) is 0.603. The van der Waals surface area contributed by atoms with Crippen LogP contribution < -0.4 is 19.3 Å². The molecule has 0 spiro atoms. The largest absolute Gasteiger partial charge is 0.548 e. The molecule has 176 valence electrons. The zero-order valence-electron chi connectivity index (χ0n) is 18.6. The second-order valence-electron chi connectivity index (χ2n) is 7.23. The first-order valence-electron chi connectivity index (χ1n) is 10.2. The van der Waals surface area contributed by atoms with E-state index < -0.39 is 24.0 Å². The molecule has 33 heavy (non-hydrogen) atoms. The zero-order valence-corrected chi connectivity index (χ0v) is 18.6.